The van der Waals surface area contributed by atoms with Crippen LogP contribution in [0.25, 0.3) is 0 Å². The zero-order valence-corrected chi connectivity index (χ0v) is 14.0. The largest absolute Gasteiger partial charge is 0.463 e. The van der Waals surface area contributed by atoms with E-state index in [1.807, 2.05) is 20.8 Å². The Kier molecular flexibility index (Phi) is 5.45. The van der Waals surface area contributed by atoms with Crippen molar-refractivity contribution in [1.29, 1.82) is 0 Å². The molecule has 1 saturated heterocycles. The van der Waals surface area contributed by atoms with E-state index in [1.165, 1.54) is 0 Å². The number of piperidine rings is 1. The van der Waals surface area contributed by atoms with Crippen LogP contribution in [0, 0.1) is 5.92 Å². The van der Waals surface area contributed by atoms with E-state index in [9.17, 15) is 4.79 Å². The predicted molar refractivity (Wildman–Crippen MR) is 83.1 cm³/mol. The lowest BCUT2D eigenvalue weighted by atomic mass is 9.99. The van der Waals surface area contributed by atoms with Crippen LogP contribution < -0.4 is 4.74 Å². The third-order valence-corrected chi connectivity index (χ3v) is 3.43. The number of amides is 1. The van der Waals surface area contributed by atoms with Gasteiger partial charge < -0.3 is 14.4 Å². The molecule has 0 bridgehead atoms. The fraction of sp³-hybridized carbons (Fsp3) is 0.667. The van der Waals surface area contributed by atoms with Gasteiger partial charge in [0.2, 0.25) is 0 Å². The molecule has 1 fully saturated rings. The fourth-order valence-electron chi connectivity index (χ4n) is 2.28. The van der Waals surface area contributed by atoms with Crippen LogP contribution in [0.15, 0.2) is 12.3 Å². The van der Waals surface area contributed by atoms with Crippen LogP contribution in [0.5, 0.6) is 6.01 Å². The fourth-order valence-corrected chi connectivity index (χ4v) is 2.40. The number of hydrogen-bond acceptors (Lipinski definition) is 5. The first-order valence-electron chi connectivity index (χ1n) is 7.43. The Balaban J connectivity index is 1.84. The normalized spacial score (nSPS) is 18.9. The second-order valence-corrected chi connectivity index (χ2v) is 6.79. The monoisotopic (exact) mass is 327 g/mol. The third-order valence-electron chi connectivity index (χ3n) is 3.22. The number of carbonyl (C=O) groups excluding carboxylic acids is 1. The van der Waals surface area contributed by atoms with E-state index < -0.39 is 5.60 Å². The summed E-state index contributed by atoms with van der Waals surface area (Å²) in [5.41, 5.74) is -0.477. The van der Waals surface area contributed by atoms with Crippen LogP contribution in [0.4, 0.5) is 4.79 Å². The van der Waals surface area contributed by atoms with Crippen molar-refractivity contribution in [2.75, 3.05) is 19.7 Å². The molecule has 0 radical (unpaired) electrons. The average Bonchev–Trinajstić information content (AvgIpc) is 2.44. The minimum absolute atomic E-state index is 0.240. The molecule has 1 aromatic heterocycles. The molecule has 7 heteroatoms. The molecule has 0 saturated carbocycles. The molecule has 0 N–H and O–H groups in total. The molecule has 22 heavy (non-hydrogen) atoms. The number of nitrogens with zero attached hydrogens (tertiary/aromatic N) is 3. The summed E-state index contributed by atoms with van der Waals surface area (Å²) >= 11 is 5.79. The minimum atomic E-state index is -0.477. The van der Waals surface area contributed by atoms with Crippen LogP contribution in [-0.2, 0) is 4.74 Å². The molecule has 1 aromatic rings. The Labute approximate surface area is 135 Å². The lowest BCUT2D eigenvalue weighted by molar-refractivity contribution is 0.0137. The number of hydrogen-bond donors (Lipinski definition) is 0. The van der Waals surface area contributed by atoms with Gasteiger partial charge in [0.15, 0.2) is 0 Å². The van der Waals surface area contributed by atoms with Gasteiger partial charge in [-0.3, -0.25) is 0 Å². The van der Waals surface area contributed by atoms with Gasteiger partial charge in [0.05, 0.1) is 6.61 Å². The van der Waals surface area contributed by atoms with Gasteiger partial charge in [-0.1, -0.05) is 11.6 Å². The first-order valence-corrected chi connectivity index (χ1v) is 7.80. The van der Waals surface area contributed by atoms with Crippen LogP contribution in [0.1, 0.15) is 33.6 Å². The smallest absolute Gasteiger partial charge is 0.410 e. The van der Waals surface area contributed by atoms with Gasteiger partial charge in [-0.05, 0) is 39.7 Å². The number of ether oxygens (including phenoxy) is 2. The third kappa shape index (κ3) is 5.33. The van der Waals surface area contributed by atoms with E-state index in [0.717, 1.165) is 19.4 Å². The zero-order valence-electron chi connectivity index (χ0n) is 13.2. The van der Waals surface area contributed by atoms with Crippen molar-refractivity contribution in [2.24, 2.45) is 5.92 Å². The highest BCUT2D eigenvalue weighted by Crippen LogP contribution is 2.20. The summed E-state index contributed by atoms with van der Waals surface area (Å²) in [6, 6.07) is 1.86. The molecular weight excluding hydrogens is 306 g/mol. The summed E-state index contributed by atoms with van der Waals surface area (Å²) in [7, 11) is 0. The summed E-state index contributed by atoms with van der Waals surface area (Å²) in [5.74, 6) is 0.240. The summed E-state index contributed by atoms with van der Waals surface area (Å²) in [6.07, 6.45) is 3.22. The molecule has 1 amide bonds. The van der Waals surface area contributed by atoms with Gasteiger partial charge in [0, 0.05) is 25.2 Å². The van der Waals surface area contributed by atoms with Crippen LogP contribution in [0.3, 0.4) is 0 Å². The number of likely N-dealkylation sites (tertiary alicyclic amines) is 1. The summed E-state index contributed by atoms with van der Waals surface area (Å²) in [6.45, 7) is 7.40. The van der Waals surface area contributed by atoms with Crippen molar-refractivity contribution in [3.05, 3.63) is 17.4 Å². The molecule has 2 rings (SSSR count). The molecule has 1 atom stereocenters. The van der Waals surface area contributed by atoms with Crippen molar-refractivity contribution in [3.63, 3.8) is 0 Å². The Morgan fingerprint density at radius 3 is 2.95 bits per heavy atom. The van der Waals surface area contributed by atoms with Crippen LogP contribution >= 0.6 is 11.6 Å². The highest BCUT2D eigenvalue weighted by molar-refractivity contribution is 6.29. The lowest BCUT2D eigenvalue weighted by Gasteiger charge is -2.33. The van der Waals surface area contributed by atoms with Gasteiger partial charge in [0.1, 0.15) is 10.8 Å². The highest BCUT2D eigenvalue weighted by atomic mass is 35.5. The van der Waals surface area contributed by atoms with Crippen molar-refractivity contribution in [3.8, 4) is 6.01 Å². The maximum atomic E-state index is 12.1. The molecular formula is C15H22ClN3O3. The van der Waals surface area contributed by atoms with Gasteiger partial charge >= 0.3 is 12.1 Å². The van der Waals surface area contributed by atoms with Crippen molar-refractivity contribution < 1.29 is 14.3 Å². The summed E-state index contributed by atoms with van der Waals surface area (Å²) in [5, 5.41) is 0.351. The standard InChI is InChI=1S/C15H22ClN3O3/c1-15(2,3)22-14(20)19-8-4-5-11(9-19)10-21-13-17-7-6-12(16)18-13/h6-7,11H,4-5,8-10H2,1-3H3. The van der Waals surface area contributed by atoms with Crippen LogP contribution in [0.2, 0.25) is 5.15 Å². The maximum Gasteiger partial charge on any atom is 0.410 e. The first-order chi connectivity index (χ1) is 10.3. The molecule has 1 aliphatic rings. The molecule has 2 heterocycles. The number of halogens is 1. The van der Waals surface area contributed by atoms with Crippen molar-refractivity contribution >= 4 is 17.7 Å². The van der Waals surface area contributed by atoms with Gasteiger partial charge in [0.25, 0.3) is 0 Å². The van der Waals surface area contributed by atoms with Crippen molar-refractivity contribution in [2.45, 2.75) is 39.2 Å². The van der Waals surface area contributed by atoms with E-state index in [0.29, 0.717) is 18.3 Å². The van der Waals surface area contributed by atoms with Gasteiger partial charge in [-0.25, -0.2) is 9.78 Å². The number of aromatic nitrogens is 2. The van der Waals surface area contributed by atoms with E-state index in [2.05, 4.69) is 9.97 Å². The minimum Gasteiger partial charge on any atom is -0.463 e. The topological polar surface area (TPSA) is 64.5 Å². The zero-order chi connectivity index (χ0) is 16.2. The number of rotatable bonds is 3. The molecule has 6 nitrogen and oxygen atoms in total. The SMILES string of the molecule is CC(C)(C)OC(=O)N1CCCC(COc2nccc(Cl)n2)C1. The van der Waals surface area contributed by atoms with E-state index in [1.54, 1.807) is 17.2 Å². The summed E-state index contributed by atoms with van der Waals surface area (Å²) < 4.78 is 11.0. The van der Waals surface area contributed by atoms with Crippen LogP contribution in [-0.4, -0.2) is 46.3 Å². The molecule has 1 unspecified atom stereocenters. The molecule has 0 aliphatic carbocycles. The highest BCUT2D eigenvalue weighted by Gasteiger charge is 2.28. The average molecular weight is 328 g/mol. The molecule has 122 valence electrons. The lowest BCUT2D eigenvalue weighted by Crippen LogP contribution is -2.44. The Morgan fingerprint density at radius 2 is 2.27 bits per heavy atom. The predicted octanol–water partition coefficient (Wildman–Crippen LogP) is 3.16. The second-order valence-electron chi connectivity index (χ2n) is 6.41. The Bertz CT molecular complexity index is 519. The summed E-state index contributed by atoms with van der Waals surface area (Å²) in [4.78, 5) is 21.8. The second kappa shape index (κ2) is 7.13. The van der Waals surface area contributed by atoms with Gasteiger partial charge in [-0.15, -0.1) is 0 Å². The molecule has 0 aromatic carbocycles. The Hall–Kier alpha value is -1.56. The van der Waals surface area contributed by atoms with E-state index in [-0.39, 0.29) is 18.0 Å². The van der Waals surface area contributed by atoms with E-state index in [4.69, 9.17) is 21.1 Å². The Morgan fingerprint density at radius 1 is 1.50 bits per heavy atom. The number of carbonyl (C=O) groups is 1. The maximum absolute atomic E-state index is 12.1. The molecule has 0 spiro atoms. The van der Waals surface area contributed by atoms with Crippen molar-refractivity contribution in [1.82, 2.24) is 14.9 Å². The van der Waals surface area contributed by atoms with Gasteiger partial charge in [-0.2, -0.15) is 4.98 Å². The quantitative estimate of drug-likeness (QED) is 0.798. The van der Waals surface area contributed by atoms with E-state index >= 15 is 0 Å². The first kappa shape index (κ1) is 16.8. The molecule has 1 aliphatic heterocycles.